The summed E-state index contributed by atoms with van der Waals surface area (Å²) in [7, 11) is 0. The molecule has 0 aromatic heterocycles. The SMILES string of the molecule is C[C@@H]1CN(Cc2ccc(F)cc2C#N)C[C@H]1C(=O)O. The van der Waals surface area contributed by atoms with Crippen molar-refractivity contribution in [3.63, 3.8) is 0 Å². The summed E-state index contributed by atoms with van der Waals surface area (Å²) in [5.41, 5.74) is 1.05. The first-order chi connectivity index (χ1) is 9.01. The van der Waals surface area contributed by atoms with Crippen LogP contribution in [0.2, 0.25) is 0 Å². The van der Waals surface area contributed by atoms with Crippen LogP contribution >= 0.6 is 0 Å². The number of halogens is 1. The second kappa shape index (κ2) is 5.37. The maximum absolute atomic E-state index is 13.0. The zero-order valence-corrected chi connectivity index (χ0v) is 10.6. The largest absolute Gasteiger partial charge is 0.481 e. The summed E-state index contributed by atoms with van der Waals surface area (Å²) in [5, 5.41) is 18.1. The van der Waals surface area contributed by atoms with Crippen molar-refractivity contribution in [1.29, 1.82) is 5.26 Å². The van der Waals surface area contributed by atoms with E-state index in [0.29, 0.717) is 25.2 Å². The van der Waals surface area contributed by atoms with Crippen LogP contribution < -0.4 is 0 Å². The van der Waals surface area contributed by atoms with E-state index in [-0.39, 0.29) is 11.8 Å². The highest BCUT2D eigenvalue weighted by Crippen LogP contribution is 2.25. The zero-order valence-electron chi connectivity index (χ0n) is 10.6. The summed E-state index contributed by atoms with van der Waals surface area (Å²) in [5.74, 6) is -1.50. The van der Waals surface area contributed by atoms with Crippen LogP contribution in [0.25, 0.3) is 0 Å². The average Bonchev–Trinajstić information content (AvgIpc) is 2.72. The normalized spacial score (nSPS) is 23.2. The molecule has 0 bridgehead atoms. The van der Waals surface area contributed by atoms with Gasteiger partial charge < -0.3 is 5.11 Å². The van der Waals surface area contributed by atoms with E-state index in [1.165, 1.54) is 12.1 Å². The smallest absolute Gasteiger partial charge is 0.308 e. The number of rotatable bonds is 3. The van der Waals surface area contributed by atoms with Crippen molar-refractivity contribution in [2.75, 3.05) is 13.1 Å². The highest BCUT2D eigenvalue weighted by atomic mass is 19.1. The van der Waals surface area contributed by atoms with Gasteiger partial charge in [-0.2, -0.15) is 5.26 Å². The molecule has 100 valence electrons. The van der Waals surface area contributed by atoms with Crippen LogP contribution in [-0.4, -0.2) is 29.1 Å². The number of hydrogen-bond donors (Lipinski definition) is 1. The van der Waals surface area contributed by atoms with Crippen LogP contribution in [0.3, 0.4) is 0 Å². The number of hydrogen-bond acceptors (Lipinski definition) is 3. The number of nitrogens with zero attached hydrogens (tertiary/aromatic N) is 2. The van der Waals surface area contributed by atoms with Gasteiger partial charge in [-0.25, -0.2) is 4.39 Å². The van der Waals surface area contributed by atoms with Gasteiger partial charge in [-0.05, 0) is 23.6 Å². The Morgan fingerprint density at radius 1 is 1.58 bits per heavy atom. The van der Waals surface area contributed by atoms with E-state index < -0.39 is 11.8 Å². The Morgan fingerprint density at radius 3 is 2.89 bits per heavy atom. The van der Waals surface area contributed by atoms with Gasteiger partial charge in [0.1, 0.15) is 5.82 Å². The maximum atomic E-state index is 13.0. The lowest BCUT2D eigenvalue weighted by molar-refractivity contribution is -0.142. The van der Waals surface area contributed by atoms with E-state index in [1.807, 2.05) is 17.9 Å². The lowest BCUT2D eigenvalue weighted by Gasteiger charge is -2.16. The molecule has 1 heterocycles. The topological polar surface area (TPSA) is 64.3 Å². The number of carboxylic acid groups (broad SMARTS) is 1. The minimum absolute atomic E-state index is 0.0866. The van der Waals surface area contributed by atoms with Gasteiger partial charge in [0.2, 0.25) is 0 Å². The first-order valence-corrected chi connectivity index (χ1v) is 6.15. The minimum Gasteiger partial charge on any atom is -0.481 e. The number of carbonyl (C=O) groups is 1. The first kappa shape index (κ1) is 13.5. The fraction of sp³-hybridized carbons (Fsp3) is 0.429. The van der Waals surface area contributed by atoms with Crippen molar-refractivity contribution in [1.82, 2.24) is 4.90 Å². The van der Waals surface area contributed by atoms with Crippen LogP contribution in [0.5, 0.6) is 0 Å². The molecule has 0 saturated carbocycles. The van der Waals surface area contributed by atoms with Gasteiger partial charge in [0, 0.05) is 19.6 Å². The second-order valence-electron chi connectivity index (χ2n) is 5.03. The molecule has 19 heavy (non-hydrogen) atoms. The van der Waals surface area contributed by atoms with E-state index in [4.69, 9.17) is 10.4 Å². The molecule has 0 aliphatic carbocycles. The molecule has 0 amide bonds. The molecule has 5 heteroatoms. The van der Waals surface area contributed by atoms with E-state index in [0.717, 1.165) is 5.56 Å². The average molecular weight is 262 g/mol. The predicted octanol–water partition coefficient (Wildman–Crippen LogP) is 1.85. The number of likely N-dealkylation sites (tertiary alicyclic amines) is 1. The van der Waals surface area contributed by atoms with Gasteiger partial charge in [0.25, 0.3) is 0 Å². The highest BCUT2D eigenvalue weighted by Gasteiger charge is 2.34. The minimum atomic E-state index is -0.783. The molecule has 4 nitrogen and oxygen atoms in total. The van der Waals surface area contributed by atoms with Gasteiger partial charge in [0.05, 0.1) is 17.6 Å². The molecular formula is C14H15FN2O2. The third kappa shape index (κ3) is 2.91. The van der Waals surface area contributed by atoms with Crippen LogP contribution in [0, 0.1) is 29.0 Å². The van der Waals surface area contributed by atoms with Crippen molar-refractivity contribution in [3.8, 4) is 6.07 Å². The van der Waals surface area contributed by atoms with Crippen LogP contribution in [0.15, 0.2) is 18.2 Å². The molecular weight excluding hydrogens is 247 g/mol. The van der Waals surface area contributed by atoms with Gasteiger partial charge >= 0.3 is 5.97 Å². The quantitative estimate of drug-likeness (QED) is 0.903. The second-order valence-corrected chi connectivity index (χ2v) is 5.03. The lowest BCUT2D eigenvalue weighted by Crippen LogP contribution is -2.23. The lowest BCUT2D eigenvalue weighted by atomic mass is 9.99. The fourth-order valence-electron chi connectivity index (χ4n) is 2.55. The third-order valence-electron chi connectivity index (χ3n) is 3.59. The molecule has 0 spiro atoms. The number of aliphatic carboxylic acids is 1. The van der Waals surface area contributed by atoms with Crippen LogP contribution in [0.4, 0.5) is 4.39 Å². The predicted molar refractivity (Wildman–Crippen MR) is 66.7 cm³/mol. The Bertz CT molecular complexity index is 539. The zero-order chi connectivity index (χ0) is 14.0. The standard InChI is InChI=1S/C14H15FN2O2/c1-9-6-17(8-13(9)14(18)19)7-10-2-3-12(15)4-11(10)5-16/h2-4,9,13H,6-8H2,1H3,(H,18,19)/t9-,13-/m1/s1. The van der Waals surface area contributed by atoms with Gasteiger partial charge in [-0.1, -0.05) is 13.0 Å². The molecule has 1 aliphatic heterocycles. The molecule has 1 aliphatic rings. The first-order valence-electron chi connectivity index (χ1n) is 6.15. The van der Waals surface area contributed by atoms with Crippen molar-refractivity contribution in [2.45, 2.75) is 13.5 Å². The number of carboxylic acids is 1. The number of nitriles is 1. The summed E-state index contributed by atoms with van der Waals surface area (Å²) >= 11 is 0. The summed E-state index contributed by atoms with van der Waals surface area (Å²) in [6.45, 7) is 3.55. The molecule has 0 unspecified atom stereocenters. The summed E-state index contributed by atoms with van der Waals surface area (Å²) < 4.78 is 13.0. The van der Waals surface area contributed by atoms with Gasteiger partial charge in [-0.3, -0.25) is 9.69 Å². The summed E-state index contributed by atoms with van der Waals surface area (Å²) in [6.07, 6.45) is 0. The Labute approximate surface area is 111 Å². The van der Waals surface area contributed by atoms with E-state index in [9.17, 15) is 9.18 Å². The van der Waals surface area contributed by atoms with Crippen molar-refractivity contribution in [3.05, 3.63) is 35.1 Å². The molecule has 1 aromatic carbocycles. The monoisotopic (exact) mass is 262 g/mol. The van der Waals surface area contributed by atoms with Crippen molar-refractivity contribution in [2.24, 2.45) is 11.8 Å². The van der Waals surface area contributed by atoms with E-state index in [2.05, 4.69) is 0 Å². The summed E-state index contributed by atoms with van der Waals surface area (Å²) in [4.78, 5) is 13.0. The van der Waals surface area contributed by atoms with Crippen LogP contribution in [0.1, 0.15) is 18.1 Å². The summed E-state index contributed by atoms with van der Waals surface area (Å²) in [6, 6.07) is 6.10. The molecule has 1 saturated heterocycles. The van der Waals surface area contributed by atoms with Crippen molar-refractivity contribution >= 4 is 5.97 Å². The Morgan fingerprint density at radius 2 is 2.32 bits per heavy atom. The molecule has 1 N–H and O–H groups in total. The molecule has 0 radical (unpaired) electrons. The Hall–Kier alpha value is -1.93. The van der Waals surface area contributed by atoms with Gasteiger partial charge in [-0.15, -0.1) is 0 Å². The van der Waals surface area contributed by atoms with Crippen molar-refractivity contribution < 1.29 is 14.3 Å². The number of benzene rings is 1. The van der Waals surface area contributed by atoms with E-state index >= 15 is 0 Å². The molecule has 1 aromatic rings. The third-order valence-corrected chi connectivity index (χ3v) is 3.59. The molecule has 1 fully saturated rings. The fourth-order valence-corrected chi connectivity index (χ4v) is 2.55. The maximum Gasteiger partial charge on any atom is 0.308 e. The van der Waals surface area contributed by atoms with Gasteiger partial charge in [0.15, 0.2) is 0 Å². The molecule has 2 atom stereocenters. The molecule has 2 rings (SSSR count). The highest BCUT2D eigenvalue weighted by molar-refractivity contribution is 5.71. The van der Waals surface area contributed by atoms with E-state index in [1.54, 1.807) is 6.07 Å². The van der Waals surface area contributed by atoms with Crippen LogP contribution in [-0.2, 0) is 11.3 Å². The Balaban J connectivity index is 2.11. The Kier molecular flexibility index (Phi) is 3.82.